The minimum absolute atomic E-state index is 0.0509. The molecule has 0 radical (unpaired) electrons. The van der Waals surface area contributed by atoms with Gasteiger partial charge in [0.15, 0.2) is 0 Å². The van der Waals surface area contributed by atoms with Gasteiger partial charge in [0.1, 0.15) is 11.5 Å². The highest BCUT2D eigenvalue weighted by Crippen LogP contribution is 2.31. The first-order valence-electron chi connectivity index (χ1n) is 5.20. The molecule has 76 valence electrons. The fourth-order valence-corrected chi connectivity index (χ4v) is 2.14. The van der Waals surface area contributed by atoms with Crippen molar-refractivity contribution in [1.29, 1.82) is 0 Å². The summed E-state index contributed by atoms with van der Waals surface area (Å²) in [4.78, 5) is 0. The second-order valence-corrected chi connectivity index (χ2v) is 4.02. The van der Waals surface area contributed by atoms with Gasteiger partial charge in [0, 0.05) is 5.56 Å². The van der Waals surface area contributed by atoms with Crippen LogP contribution in [0.2, 0.25) is 0 Å². The topological polar surface area (TPSA) is 39.2 Å². The number of aryl methyl sites for hydroxylation is 2. The van der Waals surface area contributed by atoms with Crippen LogP contribution in [0.5, 0.6) is 0 Å². The third-order valence-electron chi connectivity index (χ3n) is 2.89. The van der Waals surface area contributed by atoms with Crippen LogP contribution in [0.4, 0.5) is 0 Å². The molecule has 0 spiro atoms. The molecule has 1 aromatic heterocycles. The molecule has 2 heteroatoms. The van der Waals surface area contributed by atoms with Crippen LogP contribution in [-0.4, -0.2) is 0 Å². The standard InChI is InChI=1S/C12H17NO/c1-8-7-11(9(2)14-8)12(13)10-5-3-4-6-10/h5,7,12H,3-4,6,13H2,1-2H3. The van der Waals surface area contributed by atoms with E-state index in [1.165, 1.54) is 18.4 Å². The molecule has 14 heavy (non-hydrogen) atoms. The van der Waals surface area contributed by atoms with Gasteiger partial charge in [-0.1, -0.05) is 11.6 Å². The van der Waals surface area contributed by atoms with Gasteiger partial charge >= 0.3 is 0 Å². The molecule has 2 nitrogen and oxygen atoms in total. The molecule has 2 rings (SSSR count). The number of hydrogen-bond donors (Lipinski definition) is 1. The molecule has 0 fully saturated rings. The molecule has 2 N–H and O–H groups in total. The van der Waals surface area contributed by atoms with Gasteiger partial charge in [-0.2, -0.15) is 0 Å². The van der Waals surface area contributed by atoms with Crippen molar-refractivity contribution in [3.63, 3.8) is 0 Å². The Hall–Kier alpha value is -1.02. The Morgan fingerprint density at radius 2 is 2.21 bits per heavy atom. The number of nitrogens with two attached hydrogens (primary N) is 1. The van der Waals surface area contributed by atoms with Gasteiger partial charge in [0.25, 0.3) is 0 Å². The Labute approximate surface area is 84.8 Å². The van der Waals surface area contributed by atoms with Gasteiger partial charge in [0.2, 0.25) is 0 Å². The lowest BCUT2D eigenvalue weighted by Gasteiger charge is -2.11. The zero-order valence-electron chi connectivity index (χ0n) is 8.84. The maximum atomic E-state index is 6.19. The highest BCUT2D eigenvalue weighted by Gasteiger charge is 2.18. The molecule has 1 unspecified atom stereocenters. The molecule has 0 amide bonds. The summed E-state index contributed by atoms with van der Waals surface area (Å²) < 4.78 is 5.49. The van der Waals surface area contributed by atoms with E-state index in [0.29, 0.717) is 0 Å². The van der Waals surface area contributed by atoms with E-state index >= 15 is 0 Å². The zero-order chi connectivity index (χ0) is 10.1. The van der Waals surface area contributed by atoms with Crippen LogP contribution in [0, 0.1) is 13.8 Å². The van der Waals surface area contributed by atoms with Crippen molar-refractivity contribution >= 4 is 0 Å². The Morgan fingerprint density at radius 1 is 1.43 bits per heavy atom. The highest BCUT2D eigenvalue weighted by atomic mass is 16.3. The number of allylic oxidation sites excluding steroid dienone is 1. The van der Waals surface area contributed by atoms with Crippen molar-refractivity contribution in [2.45, 2.75) is 39.2 Å². The average Bonchev–Trinajstić information content (AvgIpc) is 2.73. The summed E-state index contributed by atoms with van der Waals surface area (Å²) >= 11 is 0. The third kappa shape index (κ3) is 1.62. The molecule has 0 saturated carbocycles. The van der Waals surface area contributed by atoms with E-state index in [1.54, 1.807) is 0 Å². The monoisotopic (exact) mass is 191 g/mol. The molecule has 0 aliphatic heterocycles. The van der Waals surface area contributed by atoms with Crippen molar-refractivity contribution in [3.05, 3.63) is 34.8 Å². The Bertz CT molecular complexity index is 362. The molecule has 1 heterocycles. The van der Waals surface area contributed by atoms with Crippen LogP contribution in [-0.2, 0) is 0 Å². The first-order chi connectivity index (χ1) is 6.68. The lowest BCUT2D eigenvalue weighted by Crippen LogP contribution is -2.12. The van der Waals surface area contributed by atoms with E-state index in [1.807, 2.05) is 13.8 Å². The van der Waals surface area contributed by atoms with Crippen LogP contribution in [0.3, 0.4) is 0 Å². The van der Waals surface area contributed by atoms with Crippen LogP contribution in [0.1, 0.15) is 42.4 Å². The minimum atomic E-state index is 0.0509. The van der Waals surface area contributed by atoms with Crippen molar-refractivity contribution in [2.24, 2.45) is 5.73 Å². The molecule has 1 aromatic rings. The zero-order valence-corrected chi connectivity index (χ0v) is 8.84. The van der Waals surface area contributed by atoms with Gasteiger partial charge in [-0.05, 0) is 39.2 Å². The quantitative estimate of drug-likeness (QED) is 0.730. The van der Waals surface area contributed by atoms with Crippen molar-refractivity contribution < 1.29 is 4.42 Å². The van der Waals surface area contributed by atoms with E-state index in [0.717, 1.165) is 23.5 Å². The number of hydrogen-bond acceptors (Lipinski definition) is 2. The van der Waals surface area contributed by atoms with E-state index in [4.69, 9.17) is 10.2 Å². The molecule has 0 bridgehead atoms. The summed E-state index contributed by atoms with van der Waals surface area (Å²) in [6, 6.07) is 2.11. The lowest BCUT2D eigenvalue weighted by molar-refractivity contribution is 0.499. The Morgan fingerprint density at radius 3 is 2.71 bits per heavy atom. The summed E-state index contributed by atoms with van der Waals surface area (Å²) in [5.74, 6) is 1.91. The van der Waals surface area contributed by atoms with Gasteiger partial charge < -0.3 is 10.2 Å². The van der Waals surface area contributed by atoms with E-state index in [9.17, 15) is 0 Å². The highest BCUT2D eigenvalue weighted by molar-refractivity contribution is 5.32. The Balaban J connectivity index is 2.25. The van der Waals surface area contributed by atoms with Crippen LogP contribution in [0.25, 0.3) is 0 Å². The predicted octanol–water partition coefficient (Wildman–Crippen LogP) is 3.01. The first-order valence-corrected chi connectivity index (χ1v) is 5.20. The average molecular weight is 191 g/mol. The second kappa shape index (κ2) is 3.62. The van der Waals surface area contributed by atoms with Crippen molar-refractivity contribution in [2.75, 3.05) is 0 Å². The maximum absolute atomic E-state index is 6.19. The van der Waals surface area contributed by atoms with Crippen LogP contribution in [0.15, 0.2) is 22.1 Å². The third-order valence-corrected chi connectivity index (χ3v) is 2.89. The second-order valence-electron chi connectivity index (χ2n) is 4.02. The van der Waals surface area contributed by atoms with E-state index in [-0.39, 0.29) is 6.04 Å². The molecule has 1 aliphatic rings. The lowest BCUT2D eigenvalue weighted by atomic mass is 9.99. The fraction of sp³-hybridized carbons (Fsp3) is 0.500. The smallest absolute Gasteiger partial charge is 0.106 e. The summed E-state index contributed by atoms with van der Waals surface area (Å²) in [6.07, 6.45) is 5.84. The first kappa shape index (κ1) is 9.53. The normalized spacial score (nSPS) is 18.4. The Kier molecular flexibility index (Phi) is 2.46. The van der Waals surface area contributed by atoms with Gasteiger partial charge in [-0.3, -0.25) is 0 Å². The molecular formula is C12H17NO. The molecule has 1 atom stereocenters. The number of rotatable bonds is 2. The largest absolute Gasteiger partial charge is 0.466 e. The summed E-state index contributed by atoms with van der Waals surface area (Å²) in [7, 11) is 0. The van der Waals surface area contributed by atoms with Crippen molar-refractivity contribution in [1.82, 2.24) is 0 Å². The van der Waals surface area contributed by atoms with Crippen LogP contribution >= 0.6 is 0 Å². The SMILES string of the molecule is Cc1cc(C(N)C2=CCCC2)c(C)o1. The molecule has 0 saturated heterocycles. The molecule has 0 aromatic carbocycles. The van der Waals surface area contributed by atoms with Gasteiger partial charge in [0.05, 0.1) is 6.04 Å². The maximum Gasteiger partial charge on any atom is 0.106 e. The summed E-state index contributed by atoms with van der Waals surface area (Å²) in [5.41, 5.74) is 8.70. The predicted molar refractivity (Wildman–Crippen MR) is 57.0 cm³/mol. The van der Waals surface area contributed by atoms with E-state index in [2.05, 4.69) is 12.1 Å². The fourth-order valence-electron chi connectivity index (χ4n) is 2.14. The molecular weight excluding hydrogens is 174 g/mol. The summed E-state index contributed by atoms with van der Waals surface area (Å²) in [6.45, 7) is 3.95. The minimum Gasteiger partial charge on any atom is -0.466 e. The molecule has 1 aliphatic carbocycles. The number of furan rings is 1. The summed E-state index contributed by atoms with van der Waals surface area (Å²) in [5, 5.41) is 0. The van der Waals surface area contributed by atoms with Crippen LogP contribution < -0.4 is 5.73 Å². The van der Waals surface area contributed by atoms with E-state index < -0.39 is 0 Å². The van der Waals surface area contributed by atoms with Gasteiger partial charge in [-0.25, -0.2) is 0 Å². The van der Waals surface area contributed by atoms with Gasteiger partial charge in [-0.15, -0.1) is 0 Å². The van der Waals surface area contributed by atoms with Crippen molar-refractivity contribution in [3.8, 4) is 0 Å².